The van der Waals surface area contributed by atoms with Crippen LogP contribution in [0.3, 0.4) is 0 Å². The third kappa shape index (κ3) is 2.79. The first-order valence-electron chi connectivity index (χ1n) is 7.07. The quantitative estimate of drug-likeness (QED) is 0.795. The fourth-order valence-electron chi connectivity index (χ4n) is 2.49. The van der Waals surface area contributed by atoms with Crippen LogP contribution in [0.15, 0.2) is 60.9 Å². The molecule has 2 heterocycles. The van der Waals surface area contributed by atoms with Crippen molar-refractivity contribution in [1.82, 2.24) is 9.61 Å². The van der Waals surface area contributed by atoms with Gasteiger partial charge in [-0.15, -0.1) is 0 Å². The minimum atomic E-state index is -0.132. The minimum Gasteiger partial charge on any atom is -0.325 e. The largest absolute Gasteiger partial charge is 0.325 e. The minimum absolute atomic E-state index is 0.0209. The molecule has 106 valence electrons. The number of benzene rings is 1. The molecule has 3 aromatic rings. The Balaban J connectivity index is 1.81. The third-order valence-electron chi connectivity index (χ3n) is 3.59. The van der Waals surface area contributed by atoms with Crippen LogP contribution in [-0.2, 0) is 4.79 Å². The average Bonchev–Trinajstić information content (AvgIpc) is 2.96. The van der Waals surface area contributed by atoms with E-state index < -0.39 is 0 Å². The lowest BCUT2D eigenvalue weighted by atomic mass is 9.95. The van der Waals surface area contributed by atoms with Gasteiger partial charge in [0.2, 0.25) is 5.91 Å². The molecular formula is C17H17N3O. The Kier molecular flexibility index (Phi) is 3.69. The van der Waals surface area contributed by atoms with Gasteiger partial charge < -0.3 is 5.32 Å². The molecule has 4 nitrogen and oxygen atoms in total. The van der Waals surface area contributed by atoms with Crippen LogP contribution in [-0.4, -0.2) is 15.5 Å². The van der Waals surface area contributed by atoms with Crippen molar-refractivity contribution >= 4 is 17.1 Å². The maximum atomic E-state index is 12.5. The molecule has 0 aliphatic carbocycles. The van der Waals surface area contributed by atoms with Crippen LogP contribution in [0.2, 0.25) is 0 Å². The van der Waals surface area contributed by atoms with Gasteiger partial charge in [0.05, 0.1) is 11.4 Å². The smallest absolute Gasteiger partial charge is 0.231 e. The second-order valence-electron chi connectivity index (χ2n) is 4.98. The first-order valence-corrected chi connectivity index (χ1v) is 7.07. The highest BCUT2D eigenvalue weighted by Crippen LogP contribution is 2.22. The number of amides is 1. The van der Waals surface area contributed by atoms with Crippen LogP contribution in [0.1, 0.15) is 24.8 Å². The van der Waals surface area contributed by atoms with E-state index in [9.17, 15) is 4.79 Å². The van der Waals surface area contributed by atoms with Gasteiger partial charge in [0.1, 0.15) is 0 Å². The van der Waals surface area contributed by atoms with Crippen molar-refractivity contribution in [2.24, 2.45) is 0 Å². The summed E-state index contributed by atoms with van der Waals surface area (Å²) in [5, 5.41) is 7.14. The molecule has 3 rings (SSSR count). The lowest BCUT2D eigenvalue weighted by Crippen LogP contribution is -2.20. The lowest BCUT2D eigenvalue weighted by molar-refractivity contribution is -0.117. The second kappa shape index (κ2) is 5.79. The monoisotopic (exact) mass is 279 g/mol. The SMILES string of the molecule is CCC(C(=O)Nc1ccn2nccc2c1)c1ccccc1. The number of carbonyl (C=O) groups excluding carboxylic acids is 1. The third-order valence-corrected chi connectivity index (χ3v) is 3.59. The maximum absolute atomic E-state index is 12.5. The van der Waals surface area contributed by atoms with Gasteiger partial charge in [-0.25, -0.2) is 4.52 Å². The van der Waals surface area contributed by atoms with E-state index in [0.29, 0.717) is 0 Å². The number of rotatable bonds is 4. The molecule has 4 heteroatoms. The number of nitrogens with one attached hydrogen (secondary N) is 1. The Morgan fingerprint density at radius 3 is 2.81 bits per heavy atom. The molecule has 0 fully saturated rings. The number of hydrogen-bond acceptors (Lipinski definition) is 2. The van der Waals surface area contributed by atoms with Crippen LogP contribution in [0.4, 0.5) is 5.69 Å². The Labute approximate surface area is 123 Å². The van der Waals surface area contributed by atoms with Gasteiger partial charge in [0.25, 0.3) is 0 Å². The van der Waals surface area contributed by atoms with E-state index in [1.165, 1.54) is 0 Å². The van der Waals surface area contributed by atoms with Crippen molar-refractivity contribution in [3.05, 3.63) is 66.5 Å². The predicted octanol–water partition coefficient (Wildman–Crippen LogP) is 3.47. The van der Waals surface area contributed by atoms with Gasteiger partial charge in [-0.05, 0) is 30.2 Å². The van der Waals surface area contributed by atoms with Crippen LogP contribution in [0.5, 0.6) is 0 Å². The van der Waals surface area contributed by atoms with E-state index in [1.54, 1.807) is 10.7 Å². The first-order chi connectivity index (χ1) is 10.3. The zero-order valence-electron chi connectivity index (χ0n) is 11.9. The van der Waals surface area contributed by atoms with Crippen molar-refractivity contribution in [2.75, 3.05) is 5.32 Å². The summed E-state index contributed by atoms with van der Waals surface area (Å²) in [4.78, 5) is 12.5. The Morgan fingerprint density at radius 1 is 1.24 bits per heavy atom. The summed E-state index contributed by atoms with van der Waals surface area (Å²) in [6, 6.07) is 15.6. The van der Waals surface area contributed by atoms with Crippen molar-refractivity contribution in [3.8, 4) is 0 Å². The number of carbonyl (C=O) groups is 1. The van der Waals surface area contributed by atoms with E-state index >= 15 is 0 Å². The number of nitrogens with zero attached hydrogens (tertiary/aromatic N) is 2. The van der Waals surface area contributed by atoms with Crippen molar-refractivity contribution in [3.63, 3.8) is 0 Å². The summed E-state index contributed by atoms with van der Waals surface area (Å²) in [6.07, 6.45) is 4.35. The van der Waals surface area contributed by atoms with Crippen LogP contribution >= 0.6 is 0 Å². The molecular weight excluding hydrogens is 262 g/mol. The molecule has 1 atom stereocenters. The molecule has 0 spiro atoms. The summed E-state index contributed by atoms with van der Waals surface area (Å²) in [5.74, 6) is -0.111. The predicted molar refractivity (Wildman–Crippen MR) is 83.3 cm³/mol. The van der Waals surface area contributed by atoms with Crippen LogP contribution in [0, 0.1) is 0 Å². The van der Waals surface area contributed by atoms with Gasteiger partial charge in [0, 0.05) is 18.1 Å². The molecule has 0 saturated heterocycles. The topological polar surface area (TPSA) is 46.4 Å². The molecule has 2 aromatic heterocycles. The zero-order chi connectivity index (χ0) is 14.7. The van der Waals surface area contributed by atoms with E-state index in [0.717, 1.165) is 23.2 Å². The normalized spacial score (nSPS) is 12.2. The molecule has 0 aliphatic rings. The number of pyridine rings is 1. The van der Waals surface area contributed by atoms with Gasteiger partial charge >= 0.3 is 0 Å². The molecule has 21 heavy (non-hydrogen) atoms. The molecule has 1 N–H and O–H groups in total. The van der Waals surface area contributed by atoms with Gasteiger partial charge in [-0.2, -0.15) is 5.10 Å². The first kappa shape index (κ1) is 13.4. The second-order valence-corrected chi connectivity index (χ2v) is 4.98. The summed E-state index contributed by atoms with van der Waals surface area (Å²) in [5.41, 5.74) is 2.80. The molecule has 0 aliphatic heterocycles. The summed E-state index contributed by atoms with van der Waals surface area (Å²) in [7, 11) is 0. The highest BCUT2D eigenvalue weighted by molar-refractivity contribution is 5.96. The van der Waals surface area contributed by atoms with Gasteiger partial charge in [-0.1, -0.05) is 37.3 Å². The molecule has 1 unspecified atom stereocenters. The van der Waals surface area contributed by atoms with Crippen molar-refractivity contribution < 1.29 is 4.79 Å². The summed E-state index contributed by atoms with van der Waals surface area (Å²) in [6.45, 7) is 2.03. The lowest BCUT2D eigenvalue weighted by Gasteiger charge is -2.15. The highest BCUT2D eigenvalue weighted by atomic mass is 16.1. The Bertz CT molecular complexity index is 749. The Morgan fingerprint density at radius 2 is 2.05 bits per heavy atom. The van der Waals surface area contributed by atoms with Crippen molar-refractivity contribution in [2.45, 2.75) is 19.3 Å². The van der Waals surface area contributed by atoms with E-state index in [1.807, 2.05) is 61.7 Å². The molecule has 0 bridgehead atoms. The number of aromatic nitrogens is 2. The number of anilines is 1. The molecule has 0 radical (unpaired) electrons. The highest BCUT2D eigenvalue weighted by Gasteiger charge is 2.18. The van der Waals surface area contributed by atoms with Gasteiger partial charge in [-0.3, -0.25) is 4.79 Å². The van der Waals surface area contributed by atoms with Gasteiger partial charge in [0.15, 0.2) is 0 Å². The molecule has 1 aromatic carbocycles. The fourth-order valence-corrected chi connectivity index (χ4v) is 2.49. The molecule has 0 saturated carbocycles. The van der Waals surface area contributed by atoms with E-state index in [4.69, 9.17) is 0 Å². The van der Waals surface area contributed by atoms with Crippen LogP contribution in [0.25, 0.3) is 5.52 Å². The number of fused-ring (bicyclic) bond motifs is 1. The van der Waals surface area contributed by atoms with E-state index in [2.05, 4.69) is 10.4 Å². The molecule has 1 amide bonds. The van der Waals surface area contributed by atoms with E-state index in [-0.39, 0.29) is 11.8 Å². The number of hydrogen-bond donors (Lipinski definition) is 1. The summed E-state index contributed by atoms with van der Waals surface area (Å²) < 4.78 is 1.77. The zero-order valence-corrected chi connectivity index (χ0v) is 11.9. The standard InChI is InChI=1S/C17H17N3O/c1-2-16(13-6-4-3-5-7-13)17(21)19-14-9-11-20-15(12-14)8-10-18-20/h3-12,16H,2H2,1H3,(H,19,21). The maximum Gasteiger partial charge on any atom is 0.231 e. The summed E-state index contributed by atoms with van der Waals surface area (Å²) >= 11 is 0. The van der Waals surface area contributed by atoms with Crippen molar-refractivity contribution in [1.29, 1.82) is 0 Å². The van der Waals surface area contributed by atoms with Crippen LogP contribution < -0.4 is 5.32 Å². The average molecular weight is 279 g/mol. The Hall–Kier alpha value is -2.62. The fraction of sp³-hybridized carbons (Fsp3) is 0.176.